The fourth-order valence-corrected chi connectivity index (χ4v) is 4.89. The number of nitrogens with zero attached hydrogens (tertiary/aromatic N) is 2. The zero-order valence-corrected chi connectivity index (χ0v) is 20.1. The van der Waals surface area contributed by atoms with Gasteiger partial charge in [-0.05, 0) is 48.4 Å². The van der Waals surface area contributed by atoms with Crippen LogP contribution in [-0.4, -0.2) is 41.9 Å². The van der Waals surface area contributed by atoms with Crippen LogP contribution < -0.4 is 10.2 Å². The number of para-hydroxylation sites is 2. The van der Waals surface area contributed by atoms with Gasteiger partial charge in [0.2, 0.25) is 5.91 Å². The van der Waals surface area contributed by atoms with Gasteiger partial charge in [0.25, 0.3) is 11.1 Å². The van der Waals surface area contributed by atoms with E-state index in [4.69, 9.17) is 4.74 Å². The summed E-state index contributed by atoms with van der Waals surface area (Å²) in [6, 6.07) is 14.9. The third-order valence-electron chi connectivity index (χ3n) is 5.65. The summed E-state index contributed by atoms with van der Waals surface area (Å²) in [5.41, 5.74) is 3.43. The molecule has 0 radical (unpaired) electrons. The highest BCUT2D eigenvalue weighted by Gasteiger charge is 2.36. The molecule has 0 bridgehead atoms. The first-order valence-corrected chi connectivity index (χ1v) is 12.0. The van der Waals surface area contributed by atoms with Gasteiger partial charge < -0.3 is 14.6 Å². The van der Waals surface area contributed by atoms with Crippen LogP contribution in [0.25, 0.3) is 17.0 Å². The standard InChI is InChI=1S/C26H27N3O4S/c1-3-18-9-7-12-21-19(16-28(24(18)21)17-23(30)27-13-8-14-33-2)15-22-25(31)29(26(32)34-22)20-10-5-4-6-11-20/h4-7,9-12,15-16H,3,8,13-14,17H2,1-2H3,(H,27,30)/b22-15-. The monoisotopic (exact) mass is 477 g/mol. The number of thioether (sulfide) groups is 1. The topological polar surface area (TPSA) is 80.6 Å². The van der Waals surface area contributed by atoms with Crippen molar-refractivity contribution in [3.05, 3.63) is 70.8 Å². The number of aryl methyl sites for hydroxylation is 1. The van der Waals surface area contributed by atoms with Crippen molar-refractivity contribution < 1.29 is 19.1 Å². The quantitative estimate of drug-likeness (QED) is 0.360. The van der Waals surface area contributed by atoms with E-state index in [1.165, 1.54) is 4.90 Å². The number of imide groups is 1. The van der Waals surface area contributed by atoms with E-state index < -0.39 is 0 Å². The molecule has 1 aromatic heterocycles. The Morgan fingerprint density at radius 3 is 2.65 bits per heavy atom. The molecular weight excluding hydrogens is 450 g/mol. The maximum Gasteiger partial charge on any atom is 0.298 e. The minimum Gasteiger partial charge on any atom is -0.385 e. The van der Waals surface area contributed by atoms with E-state index in [1.807, 2.05) is 35.0 Å². The number of nitrogens with one attached hydrogen (secondary N) is 1. The average molecular weight is 478 g/mol. The summed E-state index contributed by atoms with van der Waals surface area (Å²) in [4.78, 5) is 39.8. The molecule has 2 aromatic carbocycles. The average Bonchev–Trinajstić information content (AvgIpc) is 3.33. The molecule has 3 amide bonds. The molecule has 0 saturated carbocycles. The van der Waals surface area contributed by atoms with E-state index in [0.717, 1.165) is 46.6 Å². The molecule has 0 unspecified atom stereocenters. The van der Waals surface area contributed by atoms with E-state index in [9.17, 15) is 14.4 Å². The van der Waals surface area contributed by atoms with Crippen molar-refractivity contribution in [2.24, 2.45) is 0 Å². The lowest BCUT2D eigenvalue weighted by molar-refractivity contribution is -0.121. The van der Waals surface area contributed by atoms with Crippen LogP contribution in [-0.2, 0) is 27.3 Å². The summed E-state index contributed by atoms with van der Waals surface area (Å²) in [7, 11) is 1.64. The molecule has 0 spiro atoms. The molecule has 176 valence electrons. The zero-order valence-electron chi connectivity index (χ0n) is 19.2. The Balaban J connectivity index is 1.66. The highest BCUT2D eigenvalue weighted by molar-refractivity contribution is 8.19. The van der Waals surface area contributed by atoms with Gasteiger partial charge in [-0.3, -0.25) is 14.4 Å². The number of carbonyl (C=O) groups excluding carboxylic acids is 3. The molecule has 1 fully saturated rings. The van der Waals surface area contributed by atoms with E-state index in [0.29, 0.717) is 23.7 Å². The van der Waals surface area contributed by atoms with E-state index in [1.54, 1.807) is 37.5 Å². The van der Waals surface area contributed by atoms with Gasteiger partial charge in [0.15, 0.2) is 0 Å². The van der Waals surface area contributed by atoms with Crippen molar-refractivity contribution >= 4 is 51.5 Å². The van der Waals surface area contributed by atoms with Crippen LogP contribution in [0.4, 0.5) is 10.5 Å². The second kappa shape index (κ2) is 10.7. The molecule has 1 N–H and O–H groups in total. The van der Waals surface area contributed by atoms with Gasteiger partial charge in [-0.15, -0.1) is 0 Å². The van der Waals surface area contributed by atoms with Crippen molar-refractivity contribution in [1.82, 2.24) is 9.88 Å². The maximum absolute atomic E-state index is 13.1. The number of fused-ring (bicyclic) bond motifs is 1. The number of rotatable bonds is 9. The molecule has 8 heteroatoms. The summed E-state index contributed by atoms with van der Waals surface area (Å²) in [5, 5.41) is 3.54. The smallest absolute Gasteiger partial charge is 0.298 e. The second-order valence-electron chi connectivity index (χ2n) is 7.93. The number of anilines is 1. The van der Waals surface area contributed by atoms with Crippen molar-refractivity contribution in [2.45, 2.75) is 26.3 Å². The summed E-state index contributed by atoms with van der Waals surface area (Å²) < 4.78 is 6.95. The summed E-state index contributed by atoms with van der Waals surface area (Å²) >= 11 is 0.927. The first-order chi connectivity index (χ1) is 16.5. The molecule has 1 aliphatic rings. The summed E-state index contributed by atoms with van der Waals surface area (Å²) in [6.45, 7) is 3.38. The van der Waals surface area contributed by atoms with E-state index >= 15 is 0 Å². The highest BCUT2D eigenvalue weighted by Crippen LogP contribution is 2.37. The molecule has 2 heterocycles. The van der Waals surface area contributed by atoms with Crippen molar-refractivity contribution in [1.29, 1.82) is 0 Å². The largest absolute Gasteiger partial charge is 0.385 e. The normalized spacial score (nSPS) is 15.0. The Kier molecular flexibility index (Phi) is 7.49. The number of methoxy groups -OCH3 is 1. The maximum atomic E-state index is 13.1. The molecule has 3 aromatic rings. The Bertz CT molecular complexity index is 1250. The predicted octanol–water partition coefficient (Wildman–Crippen LogP) is 4.60. The minimum absolute atomic E-state index is 0.0881. The number of hydrogen-bond donors (Lipinski definition) is 1. The Labute approximate surface area is 202 Å². The van der Waals surface area contributed by atoms with E-state index in [2.05, 4.69) is 12.2 Å². The lowest BCUT2D eigenvalue weighted by Gasteiger charge is -2.11. The van der Waals surface area contributed by atoms with Gasteiger partial charge in [0.1, 0.15) is 6.54 Å². The SMILES string of the molecule is CCc1cccc2c(/C=C3\SC(=O)N(c4ccccc4)C3=O)cn(CC(=O)NCCCOC)c12. The Morgan fingerprint density at radius 1 is 1.12 bits per heavy atom. The van der Waals surface area contributed by atoms with Gasteiger partial charge in [0, 0.05) is 37.4 Å². The first kappa shape index (κ1) is 23.8. The first-order valence-electron chi connectivity index (χ1n) is 11.2. The van der Waals surface area contributed by atoms with Crippen molar-refractivity contribution in [3.63, 3.8) is 0 Å². The molecule has 34 heavy (non-hydrogen) atoms. The van der Waals surface area contributed by atoms with Crippen molar-refractivity contribution in [2.75, 3.05) is 25.2 Å². The van der Waals surface area contributed by atoms with Crippen LogP contribution in [0.5, 0.6) is 0 Å². The number of benzene rings is 2. The van der Waals surface area contributed by atoms with Gasteiger partial charge in [0.05, 0.1) is 16.1 Å². The fourth-order valence-electron chi connectivity index (χ4n) is 4.05. The van der Waals surface area contributed by atoms with Gasteiger partial charge >= 0.3 is 0 Å². The van der Waals surface area contributed by atoms with Crippen LogP contribution in [0.2, 0.25) is 0 Å². The second-order valence-corrected chi connectivity index (χ2v) is 8.92. The Morgan fingerprint density at radius 2 is 1.91 bits per heavy atom. The lowest BCUT2D eigenvalue weighted by Crippen LogP contribution is -2.28. The number of hydrogen-bond acceptors (Lipinski definition) is 5. The van der Waals surface area contributed by atoms with Crippen LogP contribution in [0.3, 0.4) is 0 Å². The van der Waals surface area contributed by atoms with Crippen LogP contribution in [0.1, 0.15) is 24.5 Å². The summed E-state index contributed by atoms with van der Waals surface area (Å²) in [5.74, 6) is -0.431. The van der Waals surface area contributed by atoms with Crippen molar-refractivity contribution in [3.8, 4) is 0 Å². The highest BCUT2D eigenvalue weighted by atomic mass is 32.2. The zero-order chi connectivity index (χ0) is 24.1. The number of aromatic nitrogens is 1. The fraction of sp³-hybridized carbons (Fsp3) is 0.269. The number of carbonyl (C=O) groups is 3. The van der Waals surface area contributed by atoms with Crippen LogP contribution in [0, 0.1) is 0 Å². The van der Waals surface area contributed by atoms with E-state index in [-0.39, 0.29) is 23.6 Å². The molecule has 7 nitrogen and oxygen atoms in total. The molecule has 0 atom stereocenters. The molecule has 4 rings (SSSR count). The van der Waals surface area contributed by atoms with Crippen LogP contribution in [0.15, 0.2) is 59.6 Å². The minimum atomic E-state index is -0.343. The molecule has 0 aliphatic carbocycles. The van der Waals surface area contributed by atoms with Crippen LogP contribution >= 0.6 is 11.8 Å². The van der Waals surface area contributed by atoms with Gasteiger partial charge in [-0.25, -0.2) is 4.90 Å². The number of amides is 3. The Hall–Kier alpha value is -3.36. The third kappa shape index (κ3) is 4.93. The molecule has 1 saturated heterocycles. The number of ether oxygens (including phenoxy) is 1. The molecule has 1 aliphatic heterocycles. The summed E-state index contributed by atoms with van der Waals surface area (Å²) in [6.07, 6.45) is 5.19. The predicted molar refractivity (Wildman–Crippen MR) is 136 cm³/mol. The lowest BCUT2D eigenvalue weighted by atomic mass is 10.1. The molecular formula is C26H27N3O4S. The third-order valence-corrected chi connectivity index (χ3v) is 6.52. The van der Waals surface area contributed by atoms with Gasteiger partial charge in [-0.1, -0.05) is 43.3 Å². The van der Waals surface area contributed by atoms with Gasteiger partial charge in [-0.2, -0.15) is 0 Å².